The summed E-state index contributed by atoms with van der Waals surface area (Å²) in [7, 11) is 0. The molecular formula is C17H23N5O7. The molecule has 3 amide bonds. The van der Waals surface area contributed by atoms with Crippen LogP contribution in [0.3, 0.4) is 0 Å². The first kappa shape index (κ1) is 23.5. The van der Waals surface area contributed by atoms with Crippen LogP contribution in [-0.4, -0.2) is 51.8 Å². The van der Waals surface area contributed by atoms with Crippen LogP contribution in [0, 0.1) is 10.1 Å². The van der Waals surface area contributed by atoms with E-state index in [1.165, 1.54) is 19.1 Å². The Kier molecular flexibility index (Phi) is 8.68. The van der Waals surface area contributed by atoms with Gasteiger partial charge in [0, 0.05) is 18.7 Å². The predicted molar refractivity (Wildman–Crippen MR) is 100 cm³/mol. The number of carboxylic acids is 1. The van der Waals surface area contributed by atoms with Crippen LogP contribution < -0.4 is 21.7 Å². The fourth-order valence-corrected chi connectivity index (χ4v) is 2.20. The van der Waals surface area contributed by atoms with Crippen molar-refractivity contribution in [3.63, 3.8) is 0 Å². The number of hydrogen-bond donors (Lipinski definition) is 5. The number of rotatable bonds is 11. The Morgan fingerprint density at radius 2 is 1.62 bits per heavy atom. The van der Waals surface area contributed by atoms with Crippen molar-refractivity contribution >= 4 is 29.4 Å². The van der Waals surface area contributed by atoms with Crippen molar-refractivity contribution in [1.29, 1.82) is 0 Å². The quantitative estimate of drug-likeness (QED) is 0.227. The van der Waals surface area contributed by atoms with Gasteiger partial charge >= 0.3 is 5.97 Å². The Bertz CT molecular complexity index is 781. The highest BCUT2D eigenvalue weighted by Gasteiger charge is 2.26. The smallest absolute Gasteiger partial charge is 0.326 e. The lowest BCUT2D eigenvalue weighted by Crippen LogP contribution is -2.53. The van der Waals surface area contributed by atoms with Crippen molar-refractivity contribution in [3.8, 4) is 0 Å². The highest BCUT2D eigenvalue weighted by molar-refractivity contribution is 5.92. The Morgan fingerprint density at radius 3 is 2.10 bits per heavy atom. The maximum absolute atomic E-state index is 12.2. The lowest BCUT2D eigenvalue weighted by atomic mass is 10.1. The third-order valence-corrected chi connectivity index (χ3v) is 3.92. The summed E-state index contributed by atoms with van der Waals surface area (Å²) in [5, 5.41) is 27.1. The Balaban J connectivity index is 2.53. The number of nitro groups is 1. The lowest BCUT2D eigenvalue weighted by Gasteiger charge is -2.20. The number of nitrogens with one attached hydrogen (secondary N) is 3. The van der Waals surface area contributed by atoms with Crippen molar-refractivity contribution in [1.82, 2.24) is 16.0 Å². The zero-order valence-electron chi connectivity index (χ0n) is 15.9. The molecule has 1 aromatic rings. The molecule has 6 N–H and O–H groups in total. The summed E-state index contributed by atoms with van der Waals surface area (Å²) in [6, 6.07) is 2.55. The lowest BCUT2D eigenvalue weighted by molar-refractivity contribution is -0.384. The van der Waals surface area contributed by atoms with Gasteiger partial charge in [-0.15, -0.1) is 0 Å². The van der Waals surface area contributed by atoms with Gasteiger partial charge in [0.15, 0.2) is 0 Å². The van der Waals surface area contributed by atoms with Gasteiger partial charge in [-0.3, -0.25) is 24.5 Å². The molecule has 3 atom stereocenters. The second kappa shape index (κ2) is 10.7. The standard InChI is InChI=1S/C17H23N5O7/c1-9(19-8-11-3-5-12(6-4-11)22(28)29)15(24)20-10(2)16(25)21-13(17(26)27)7-14(18)23/h3-6,9-10,13,19H,7-8H2,1-2H3,(H2,18,23)(H,20,24)(H,21,25)(H,26,27)/t9-,10+,13-/m0/s1. The highest BCUT2D eigenvalue weighted by Crippen LogP contribution is 2.11. The van der Waals surface area contributed by atoms with Gasteiger partial charge in [-0.05, 0) is 19.4 Å². The molecule has 12 heteroatoms. The molecule has 1 aromatic carbocycles. The summed E-state index contributed by atoms with van der Waals surface area (Å²) in [6.45, 7) is 3.17. The third kappa shape index (κ3) is 7.92. The number of primary amides is 1. The maximum atomic E-state index is 12.2. The van der Waals surface area contributed by atoms with Gasteiger partial charge in [-0.2, -0.15) is 0 Å². The molecule has 0 saturated heterocycles. The van der Waals surface area contributed by atoms with E-state index in [1.807, 2.05) is 0 Å². The molecule has 0 unspecified atom stereocenters. The van der Waals surface area contributed by atoms with E-state index in [0.717, 1.165) is 5.56 Å². The van der Waals surface area contributed by atoms with Crippen LogP contribution >= 0.6 is 0 Å². The van der Waals surface area contributed by atoms with Crippen molar-refractivity contribution in [2.75, 3.05) is 0 Å². The third-order valence-electron chi connectivity index (χ3n) is 3.92. The second-order valence-corrected chi connectivity index (χ2v) is 6.33. The average molecular weight is 409 g/mol. The number of hydrogen-bond acceptors (Lipinski definition) is 7. The molecule has 1 rings (SSSR count). The molecule has 0 aromatic heterocycles. The van der Waals surface area contributed by atoms with Crippen molar-refractivity contribution in [3.05, 3.63) is 39.9 Å². The van der Waals surface area contributed by atoms with E-state index >= 15 is 0 Å². The SMILES string of the molecule is C[C@H](NCc1ccc([N+](=O)[O-])cc1)C(=O)N[C@H](C)C(=O)N[C@@H](CC(N)=O)C(=O)O. The number of non-ortho nitro benzene ring substituents is 1. The Hall–Kier alpha value is -3.54. The number of nitrogens with zero attached hydrogens (tertiary/aromatic N) is 1. The molecule has 0 spiro atoms. The van der Waals surface area contributed by atoms with Gasteiger partial charge in [-0.25, -0.2) is 4.79 Å². The minimum atomic E-state index is -1.49. The van der Waals surface area contributed by atoms with Gasteiger partial charge in [0.1, 0.15) is 12.1 Å². The molecule has 29 heavy (non-hydrogen) atoms. The first-order chi connectivity index (χ1) is 13.5. The number of carbonyl (C=O) groups excluding carboxylic acids is 3. The molecule has 0 bridgehead atoms. The molecule has 0 fully saturated rings. The number of nitro benzene ring substituents is 1. The molecule has 0 aliphatic heterocycles. The average Bonchev–Trinajstić information content (AvgIpc) is 2.65. The van der Waals surface area contributed by atoms with Crippen LogP contribution in [-0.2, 0) is 25.7 Å². The monoisotopic (exact) mass is 409 g/mol. The summed E-state index contributed by atoms with van der Waals surface area (Å²) < 4.78 is 0. The predicted octanol–water partition coefficient (Wildman–Crippen LogP) is -0.978. The number of benzene rings is 1. The number of carbonyl (C=O) groups is 4. The van der Waals surface area contributed by atoms with Crippen LogP contribution in [0.15, 0.2) is 24.3 Å². The van der Waals surface area contributed by atoms with E-state index in [-0.39, 0.29) is 12.2 Å². The van der Waals surface area contributed by atoms with Crippen molar-refractivity contribution in [2.24, 2.45) is 5.73 Å². The minimum absolute atomic E-state index is 0.0459. The Labute approximate surface area is 166 Å². The number of aliphatic carboxylic acids is 1. The maximum Gasteiger partial charge on any atom is 0.326 e. The summed E-state index contributed by atoms with van der Waals surface area (Å²) in [6.07, 6.45) is -0.574. The van der Waals surface area contributed by atoms with E-state index in [4.69, 9.17) is 10.8 Å². The normalized spacial score (nSPS) is 13.6. The topological polar surface area (TPSA) is 194 Å². The van der Waals surface area contributed by atoms with E-state index in [1.54, 1.807) is 19.1 Å². The zero-order valence-corrected chi connectivity index (χ0v) is 15.9. The fourth-order valence-electron chi connectivity index (χ4n) is 2.20. The highest BCUT2D eigenvalue weighted by atomic mass is 16.6. The second-order valence-electron chi connectivity index (χ2n) is 6.33. The molecule has 0 heterocycles. The molecule has 0 radical (unpaired) electrons. The van der Waals surface area contributed by atoms with E-state index in [0.29, 0.717) is 0 Å². The van der Waals surface area contributed by atoms with Crippen molar-refractivity contribution in [2.45, 2.75) is 44.9 Å². The minimum Gasteiger partial charge on any atom is -0.480 e. The van der Waals surface area contributed by atoms with Crippen molar-refractivity contribution < 1.29 is 29.2 Å². The molecule has 0 saturated carbocycles. The van der Waals surface area contributed by atoms with Gasteiger partial charge in [-0.1, -0.05) is 12.1 Å². The van der Waals surface area contributed by atoms with Gasteiger partial charge < -0.3 is 26.8 Å². The summed E-state index contributed by atoms with van der Waals surface area (Å²) >= 11 is 0. The van der Waals surface area contributed by atoms with Crippen LogP contribution in [0.25, 0.3) is 0 Å². The number of carboxylic acid groups (broad SMARTS) is 1. The number of amides is 3. The zero-order chi connectivity index (χ0) is 22.1. The first-order valence-corrected chi connectivity index (χ1v) is 8.59. The molecular weight excluding hydrogens is 386 g/mol. The summed E-state index contributed by atoms with van der Waals surface area (Å²) in [4.78, 5) is 56.3. The molecule has 12 nitrogen and oxygen atoms in total. The summed E-state index contributed by atoms with van der Waals surface area (Å²) in [5.41, 5.74) is 5.62. The first-order valence-electron chi connectivity index (χ1n) is 8.59. The van der Waals surface area contributed by atoms with Crippen LogP contribution in [0.5, 0.6) is 0 Å². The van der Waals surface area contributed by atoms with Gasteiger partial charge in [0.25, 0.3) is 5.69 Å². The van der Waals surface area contributed by atoms with Gasteiger partial charge in [0.05, 0.1) is 17.4 Å². The largest absolute Gasteiger partial charge is 0.480 e. The van der Waals surface area contributed by atoms with Gasteiger partial charge in [0.2, 0.25) is 17.7 Å². The molecule has 158 valence electrons. The van der Waals surface area contributed by atoms with E-state index in [9.17, 15) is 29.3 Å². The number of nitrogens with two attached hydrogens (primary N) is 1. The van der Waals surface area contributed by atoms with Crippen LogP contribution in [0.2, 0.25) is 0 Å². The molecule has 0 aliphatic carbocycles. The molecule has 0 aliphatic rings. The summed E-state index contributed by atoms with van der Waals surface area (Å²) in [5.74, 6) is -3.61. The van der Waals surface area contributed by atoms with E-state index < -0.39 is 53.2 Å². The van der Waals surface area contributed by atoms with Crippen LogP contribution in [0.4, 0.5) is 5.69 Å². The van der Waals surface area contributed by atoms with E-state index in [2.05, 4.69) is 16.0 Å². The fraction of sp³-hybridized carbons (Fsp3) is 0.412. The Morgan fingerprint density at radius 1 is 1.07 bits per heavy atom. The van der Waals surface area contributed by atoms with Crippen LogP contribution in [0.1, 0.15) is 25.8 Å².